The zero-order valence-corrected chi connectivity index (χ0v) is 15.7. The average Bonchev–Trinajstić information content (AvgIpc) is 3.43. The molecule has 3 heterocycles. The second kappa shape index (κ2) is 6.76. The van der Waals surface area contributed by atoms with Gasteiger partial charge in [0.05, 0.1) is 39.6 Å². The molecule has 0 saturated carbocycles. The summed E-state index contributed by atoms with van der Waals surface area (Å²) >= 11 is 0. The fraction of sp³-hybridized carbons (Fsp3) is 0.429. The van der Waals surface area contributed by atoms with Gasteiger partial charge in [-0.3, -0.25) is 0 Å². The molecule has 3 aliphatic rings. The molecule has 0 spiro atoms. The van der Waals surface area contributed by atoms with E-state index in [1.54, 1.807) is 20.3 Å². The van der Waals surface area contributed by atoms with Crippen LogP contribution in [0.15, 0.2) is 30.3 Å². The Morgan fingerprint density at radius 3 is 2.25 bits per heavy atom. The lowest BCUT2D eigenvalue weighted by Crippen LogP contribution is -2.14. The van der Waals surface area contributed by atoms with E-state index in [0.29, 0.717) is 36.2 Å². The van der Waals surface area contributed by atoms with Crippen molar-refractivity contribution in [2.75, 3.05) is 34.2 Å². The molecule has 2 aromatic rings. The highest BCUT2D eigenvalue weighted by Gasteiger charge is 2.48. The molecule has 7 nitrogen and oxygen atoms in total. The Bertz CT molecular complexity index is 897. The van der Waals surface area contributed by atoms with Crippen LogP contribution in [0, 0.1) is 11.8 Å². The maximum Gasteiger partial charge on any atom is 0.231 e. The van der Waals surface area contributed by atoms with Crippen molar-refractivity contribution in [2.24, 2.45) is 11.8 Å². The summed E-state index contributed by atoms with van der Waals surface area (Å²) in [7, 11) is 3.16. The number of ether oxygens (including phenoxy) is 6. The third-order valence-electron chi connectivity index (χ3n) is 5.81. The van der Waals surface area contributed by atoms with Crippen LogP contribution in [0.2, 0.25) is 0 Å². The van der Waals surface area contributed by atoms with Gasteiger partial charge in [0.2, 0.25) is 12.5 Å². The van der Waals surface area contributed by atoms with E-state index in [1.165, 1.54) is 0 Å². The summed E-state index contributed by atoms with van der Waals surface area (Å²) in [6.45, 7) is 1.39. The number of methoxy groups -OCH3 is 2. The Morgan fingerprint density at radius 1 is 0.857 bits per heavy atom. The summed E-state index contributed by atoms with van der Waals surface area (Å²) < 4.78 is 34.1. The van der Waals surface area contributed by atoms with Crippen molar-refractivity contribution in [3.05, 3.63) is 41.5 Å². The van der Waals surface area contributed by atoms with Crippen molar-refractivity contribution < 1.29 is 33.5 Å². The first-order valence-electron chi connectivity index (χ1n) is 9.27. The molecule has 2 saturated heterocycles. The quantitative estimate of drug-likeness (QED) is 0.865. The second-order valence-electron chi connectivity index (χ2n) is 7.22. The van der Waals surface area contributed by atoms with Gasteiger partial charge in [-0.15, -0.1) is 0 Å². The minimum absolute atomic E-state index is 0.0968. The van der Waals surface area contributed by atoms with Crippen LogP contribution in [0.3, 0.4) is 0 Å². The van der Waals surface area contributed by atoms with Crippen LogP contribution in [0.5, 0.6) is 28.7 Å². The Hall–Kier alpha value is -2.64. The van der Waals surface area contributed by atoms with Crippen LogP contribution >= 0.6 is 0 Å². The number of hydrogen-bond acceptors (Lipinski definition) is 7. The van der Waals surface area contributed by atoms with Gasteiger partial charge in [0.1, 0.15) is 0 Å². The van der Waals surface area contributed by atoms with Gasteiger partial charge >= 0.3 is 0 Å². The molecule has 0 radical (unpaired) electrons. The summed E-state index contributed by atoms with van der Waals surface area (Å²) in [5, 5.41) is 9.86. The van der Waals surface area contributed by atoms with Gasteiger partial charge in [-0.2, -0.15) is 0 Å². The molecule has 2 fully saturated rings. The van der Waals surface area contributed by atoms with E-state index in [9.17, 15) is 5.11 Å². The fourth-order valence-corrected chi connectivity index (χ4v) is 4.42. The number of benzene rings is 2. The highest BCUT2D eigenvalue weighted by molar-refractivity contribution is 5.55. The molecule has 2 aromatic carbocycles. The van der Waals surface area contributed by atoms with E-state index in [0.717, 1.165) is 11.1 Å². The first-order chi connectivity index (χ1) is 13.7. The zero-order valence-electron chi connectivity index (χ0n) is 15.7. The van der Waals surface area contributed by atoms with Gasteiger partial charge in [-0.05, 0) is 35.4 Å². The molecule has 4 atom stereocenters. The lowest BCUT2D eigenvalue weighted by molar-refractivity contribution is 0.0191. The standard InChI is InChI=1S/C21H22O7/c1-23-16-5-11(3-4-15(16)22)19-13-8-26-20(14(13)9-25-19)12-6-17(24-2)21-18(7-12)27-10-28-21/h3-7,13-14,19-20,22H,8-10H2,1-2H3/t13-,14-,19+,20+/m0/s1. The first-order valence-corrected chi connectivity index (χ1v) is 9.27. The van der Waals surface area contributed by atoms with Crippen LogP contribution in [-0.2, 0) is 9.47 Å². The molecule has 28 heavy (non-hydrogen) atoms. The Balaban J connectivity index is 1.42. The number of aromatic hydroxyl groups is 1. The smallest absolute Gasteiger partial charge is 0.231 e. The summed E-state index contributed by atoms with van der Waals surface area (Å²) in [6, 6.07) is 9.27. The molecule has 0 unspecified atom stereocenters. The Morgan fingerprint density at radius 2 is 1.54 bits per heavy atom. The lowest BCUT2D eigenvalue weighted by atomic mass is 9.85. The summed E-state index contributed by atoms with van der Waals surface area (Å²) in [6.07, 6.45) is -0.196. The number of fused-ring (bicyclic) bond motifs is 2. The normalized spacial score (nSPS) is 27.6. The van der Waals surface area contributed by atoms with Crippen molar-refractivity contribution in [3.8, 4) is 28.7 Å². The van der Waals surface area contributed by atoms with E-state index in [4.69, 9.17) is 28.4 Å². The molecular formula is C21H22O7. The third kappa shape index (κ3) is 2.65. The molecule has 148 valence electrons. The lowest BCUT2D eigenvalue weighted by Gasteiger charge is -2.18. The van der Waals surface area contributed by atoms with E-state index >= 15 is 0 Å². The van der Waals surface area contributed by atoms with Crippen molar-refractivity contribution in [1.82, 2.24) is 0 Å². The van der Waals surface area contributed by atoms with Gasteiger partial charge in [-0.25, -0.2) is 0 Å². The monoisotopic (exact) mass is 386 g/mol. The van der Waals surface area contributed by atoms with E-state index in [2.05, 4.69) is 0 Å². The van der Waals surface area contributed by atoms with E-state index in [1.807, 2.05) is 24.3 Å². The molecule has 0 aromatic heterocycles. The number of rotatable bonds is 4. The fourth-order valence-electron chi connectivity index (χ4n) is 4.42. The molecule has 0 amide bonds. The topological polar surface area (TPSA) is 75.6 Å². The van der Waals surface area contributed by atoms with Crippen molar-refractivity contribution in [3.63, 3.8) is 0 Å². The van der Waals surface area contributed by atoms with Crippen LogP contribution in [0.4, 0.5) is 0 Å². The molecule has 0 aliphatic carbocycles. The van der Waals surface area contributed by atoms with Crippen molar-refractivity contribution >= 4 is 0 Å². The average molecular weight is 386 g/mol. The van der Waals surface area contributed by atoms with Gasteiger partial charge in [0.25, 0.3) is 0 Å². The Kier molecular flexibility index (Phi) is 4.21. The molecule has 5 rings (SSSR count). The molecule has 3 aliphatic heterocycles. The molecular weight excluding hydrogens is 364 g/mol. The largest absolute Gasteiger partial charge is 0.504 e. The van der Waals surface area contributed by atoms with E-state index in [-0.39, 0.29) is 36.6 Å². The molecule has 0 bridgehead atoms. The minimum atomic E-state index is -0.0996. The van der Waals surface area contributed by atoms with Crippen LogP contribution in [0.25, 0.3) is 0 Å². The van der Waals surface area contributed by atoms with Crippen molar-refractivity contribution in [2.45, 2.75) is 12.2 Å². The molecule has 7 heteroatoms. The SMILES string of the molecule is COc1cc([C@H]2OC[C@H]3[C@@H]2CO[C@@H]3c2cc(OC)c3c(c2)OCO3)ccc1O. The van der Waals surface area contributed by atoms with Gasteiger partial charge in [0, 0.05) is 11.8 Å². The number of phenolic OH excluding ortho intramolecular Hbond substituents is 1. The van der Waals surface area contributed by atoms with Crippen LogP contribution < -0.4 is 18.9 Å². The zero-order chi connectivity index (χ0) is 19.3. The second-order valence-corrected chi connectivity index (χ2v) is 7.22. The maximum absolute atomic E-state index is 9.86. The van der Waals surface area contributed by atoms with Gasteiger partial charge in [-0.1, -0.05) is 6.07 Å². The molecule has 1 N–H and O–H groups in total. The van der Waals surface area contributed by atoms with Gasteiger partial charge in [0.15, 0.2) is 23.0 Å². The van der Waals surface area contributed by atoms with Crippen molar-refractivity contribution in [1.29, 1.82) is 0 Å². The first kappa shape index (κ1) is 17.5. The predicted octanol–water partition coefficient (Wildman–Crippen LogP) is 3.21. The minimum Gasteiger partial charge on any atom is -0.504 e. The Labute approximate surface area is 162 Å². The summed E-state index contributed by atoms with van der Waals surface area (Å²) in [5.74, 6) is 2.97. The maximum atomic E-state index is 9.86. The van der Waals surface area contributed by atoms with Gasteiger partial charge < -0.3 is 33.5 Å². The van der Waals surface area contributed by atoms with E-state index < -0.39 is 0 Å². The van der Waals surface area contributed by atoms with Crippen LogP contribution in [0.1, 0.15) is 23.3 Å². The summed E-state index contributed by atoms with van der Waals surface area (Å²) in [4.78, 5) is 0. The number of hydrogen-bond donors (Lipinski definition) is 1. The summed E-state index contributed by atoms with van der Waals surface area (Å²) in [5.41, 5.74) is 1.98. The predicted molar refractivity (Wildman–Crippen MR) is 98.1 cm³/mol. The third-order valence-corrected chi connectivity index (χ3v) is 5.81. The number of phenols is 1. The highest BCUT2D eigenvalue weighted by Crippen LogP contribution is 2.53. The highest BCUT2D eigenvalue weighted by atomic mass is 16.7. The van der Waals surface area contributed by atoms with Crippen LogP contribution in [-0.4, -0.2) is 39.3 Å².